The topological polar surface area (TPSA) is 32.3 Å². The highest BCUT2D eigenvalue weighted by molar-refractivity contribution is 6.32. The van der Waals surface area contributed by atoms with Gasteiger partial charge in [-0.25, -0.2) is 4.39 Å². The summed E-state index contributed by atoms with van der Waals surface area (Å²) in [5, 5.41) is 12.9. The van der Waals surface area contributed by atoms with Crippen LogP contribution in [-0.4, -0.2) is 11.7 Å². The van der Waals surface area contributed by atoms with E-state index in [1.165, 1.54) is 0 Å². The van der Waals surface area contributed by atoms with Gasteiger partial charge < -0.3 is 10.4 Å². The highest BCUT2D eigenvalue weighted by atomic mass is 35.5. The van der Waals surface area contributed by atoms with Gasteiger partial charge in [0.2, 0.25) is 0 Å². The predicted molar refractivity (Wildman–Crippen MR) is 62.4 cm³/mol. The van der Waals surface area contributed by atoms with E-state index >= 15 is 0 Å². The fourth-order valence-corrected chi connectivity index (χ4v) is 2.29. The zero-order valence-corrected chi connectivity index (χ0v) is 9.94. The van der Waals surface area contributed by atoms with Crippen molar-refractivity contribution >= 4 is 11.6 Å². The van der Waals surface area contributed by atoms with Crippen molar-refractivity contribution in [1.29, 1.82) is 0 Å². The molecule has 2 rings (SSSR count). The van der Waals surface area contributed by atoms with E-state index in [1.54, 1.807) is 13.0 Å². The first-order valence-corrected chi connectivity index (χ1v) is 5.90. The highest BCUT2D eigenvalue weighted by Crippen LogP contribution is 2.36. The van der Waals surface area contributed by atoms with Crippen LogP contribution in [0, 0.1) is 12.7 Å². The first-order valence-electron chi connectivity index (χ1n) is 5.52. The summed E-state index contributed by atoms with van der Waals surface area (Å²) in [7, 11) is 0. The number of hydrogen-bond acceptors (Lipinski definition) is 2. The molecule has 1 aromatic rings. The Bertz CT molecular complexity index is 402. The van der Waals surface area contributed by atoms with Crippen molar-refractivity contribution in [3.05, 3.63) is 28.0 Å². The Morgan fingerprint density at radius 1 is 1.50 bits per heavy atom. The number of hydrogen-bond donors (Lipinski definition) is 2. The molecule has 0 spiro atoms. The molecule has 0 bridgehead atoms. The Morgan fingerprint density at radius 2 is 2.25 bits per heavy atom. The first-order chi connectivity index (χ1) is 7.61. The molecule has 0 aromatic heterocycles. The molecule has 1 heterocycles. The number of piperidine rings is 1. The Labute approximate surface area is 99.4 Å². The van der Waals surface area contributed by atoms with Crippen molar-refractivity contribution in [2.75, 3.05) is 6.54 Å². The van der Waals surface area contributed by atoms with Crippen molar-refractivity contribution in [3.8, 4) is 5.75 Å². The summed E-state index contributed by atoms with van der Waals surface area (Å²) in [6, 6.07) is 1.72. The molecule has 0 saturated carbocycles. The Balaban J connectivity index is 2.40. The number of aryl methyl sites for hydroxylation is 1. The molecule has 16 heavy (non-hydrogen) atoms. The summed E-state index contributed by atoms with van der Waals surface area (Å²) >= 11 is 5.78. The van der Waals surface area contributed by atoms with E-state index in [1.807, 2.05) is 0 Å². The minimum atomic E-state index is -0.588. The summed E-state index contributed by atoms with van der Waals surface area (Å²) in [5.41, 5.74) is 1.24. The van der Waals surface area contributed by atoms with Crippen LogP contribution >= 0.6 is 11.6 Å². The zero-order chi connectivity index (χ0) is 11.7. The largest absolute Gasteiger partial charge is 0.504 e. The summed E-state index contributed by atoms with van der Waals surface area (Å²) in [6.07, 6.45) is 3.10. The van der Waals surface area contributed by atoms with Crippen LogP contribution in [0.1, 0.15) is 36.4 Å². The molecular weight excluding hydrogens is 229 g/mol. The molecular formula is C12H15ClFNO. The average molecular weight is 244 g/mol. The Hall–Kier alpha value is -0.800. The lowest BCUT2D eigenvalue weighted by molar-refractivity contribution is 0.383. The van der Waals surface area contributed by atoms with Gasteiger partial charge in [-0.3, -0.25) is 0 Å². The molecule has 2 N–H and O–H groups in total. The third-order valence-corrected chi connectivity index (χ3v) is 3.55. The number of nitrogens with one attached hydrogen (secondary N) is 1. The van der Waals surface area contributed by atoms with Gasteiger partial charge in [0, 0.05) is 11.6 Å². The van der Waals surface area contributed by atoms with Crippen molar-refractivity contribution in [2.24, 2.45) is 0 Å². The molecule has 0 radical (unpaired) electrons. The van der Waals surface area contributed by atoms with Crippen LogP contribution in [0.15, 0.2) is 6.07 Å². The third kappa shape index (κ3) is 2.02. The van der Waals surface area contributed by atoms with Crippen LogP contribution in [-0.2, 0) is 0 Å². The van der Waals surface area contributed by atoms with Crippen LogP contribution < -0.4 is 5.32 Å². The maximum absolute atomic E-state index is 13.9. The van der Waals surface area contributed by atoms with Crippen LogP contribution in [0.25, 0.3) is 0 Å². The predicted octanol–water partition coefficient (Wildman–Crippen LogP) is 3.31. The summed E-state index contributed by atoms with van der Waals surface area (Å²) in [4.78, 5) is 0. The van der Waals surface area contributed by atoms with Crippen molar-refractivity contribution in [3.63, 3.8) is 0 Å². The number of phenolic OH excluding ortho intramolecular Hbond substituents is 1. The second-order valence-electron chi connectivity index (χ2n) is 4.26. The monoisotopic (exact) mass is 243 g/mol. The van der Waals surface area contributed by atoms with E-state index in [2.05, 4.69) is 5.32 Å². The molecule has 1 aromatic carbocycles. The molecule has 88 valence electrons. The highest BCUT2D eigenvalue weighted by Gasteiger charge is 2.22. The number of aromatic hydroxyl groups is 1. The van der Waals surface area contributed by atoms with E-state index in [0.717, 1.165) is 25.8 Å². The van der Waals surface area contributed by atoms with Gasteiger partial charge in [-0.2, -0.15) is 0 Å². The van der Waals surface area contributed by atoms with Crippen LogP contribution in [0.3, 0.4) is 0 Å². The molecule has 1 unspecified atom stereocenters. The van der Waals surface area contributed by atoms with Gasteiger partial charge >= 0.3 is 0 Å². The summed E-state index contributed by atoms with van der Waals surface area (Å²) in [6.45, 7) is 2.67. The smallest absolute Gasteiger partial charge is 0.171 e. The molecule has 1 atom stereocenters. The van der Waals surface area contributed by atoms with E-state index < -0.39 is 11.6 Å². The van der Waals surface area contributed by atoms with Gasteiger partial charge in [0.05, 0.1) is 5.02 Å². The quantitative estimate of drug-likeness (QED) is 0.793. The van der Waals surface area contributed by atoms with Gasteiger partial charge in [0.15, 0.2) is 11.6 Å². The minimum absolute atomic E-state index is 0.00406. The van der Waals surface area contributed by atoms with Crippen molar-refractivity contribution < 1.29 is 9.50 Å². The lowest BCUT2D eigenvalue weighted by atomic mass is 9.95. The normalized spacial score (nSPS) is 21.1. The summed E-state index contributed by atoms with van der Waals surface area (Å²) < 4.78 is 13.9. The Kier molecular flexibility index (Phi) is 3.36. The van der Waals surface area contributed by atoms with Crippen LogP contribution in [0.2, 0.25) is 5.02 Å². The molecule has 0 amide bonds. The minimum Gasteiger partial charge on any atom is -0.504 e. The van der Waals surface area contributed by atoms with Crippen molar-refractivity contribution in [2.45, 2.75) is 32.2 Å². The number of benzene rings is 1. The van der Waals surface area contributed by atoms with Gasteiger partial charge in [-0.1, -0.05) is 18.0 Å². The SMILES string of the molecule is Cc1cc(C2CCCCN2)c(F)c(O)c1Cl. The Morgan fingerprint density at radius 3 is 2.88 bits per heavy atom. The standard InChI is InChI=1S/C12H15ClFNO/c1-7-6-8(9-4-2-3-5-15-9)11(14)12(16)10(7)13/h6,9,15-16H,2-5H2,1H3. The second kappa shape index (κ2) is 4.60. The number of rotatable bonds is 1. The lowest BCUT2D eigenvalue weighted by Gasteiger charge is -2.25. The van der Waals surface area contributed by atoms with E-state index in [-0.39, 0.29) is 11.1 Å². The number of phenols is 1. The molecule has 4 heteroatoms. The average Bonchev–Trinajstić information content (AvgIpc) is 2.32. The van der Waals surface area contributed by atoms with Gasteiger partial charge in [-0.05, 0) is 37.9 Å². The van der Waals surface area contributed by atoms with Gasteiger partial charge in [0.1, 0.15) is 0 Å². The maximum atomic E-state index is 13.9. The zero-order valence-electron chi connectivity index (χ0n) is 9.19. The van der Waals surface area contributed by atoms with E-state index in [9.17, 15) is 9.50 Å². The molecule has 1 fully saturated rings. The molecule has 0 aliphatic carbocycles. The van der Waals surface area contributed by atoms with Gasteiger partial charge in [-0.15, -0.1) is 0 Å². The van der Waals surface area contributed by atoms with Crippen molar-refractivity contribution in [1.82, 2.24) is 5.32 Å². The van der Waals surface area contributed by atoms with Crippen LogP contribution in [0.4, 0.5) is 4.39 Å². The molecule has 2 nitrogen and oxygen atoms in total. The second-order valence-corrected chi connectivity index (χ2v) is 4.64. The van der Waals surface area contributed by atoms with Crippen LogP contribution in [0.5, 0.6) is 5.75 Å². The fraction of sp³-hybridized carbons (Fsp3) is 0.500. The van der Waals surface area contributed by atoms with Gasteiger partial charge in [0.25, 0.3) is 0 Å². The number of halogens is 2. The summed E-state index contributed by atoms with van der Waals surface area (Å²) in [5.74, 6) is -1.01. The lowest BCUT2D eigenvalue weighted by Crippen LogP contribution is -2.27. The third-order valence-electron chi connectivity index (χ3n) is 3.07. The first kappa shape index (κ1) is 11.7. The molecule has 1 aliphatic heterocycles. The van der Waals surface area contributed by atoms with E-state index in [4.69, 9.17) is 11.6 Å². The van der Waals surface area contributed by atoms with E-state index in [0.29, 0.717) is 11.1 Å². The maximum Gasteiger partial charge on any atom is 0.171 e. The molecule has 1 saturated heterocycles. The fourth-order valence-electron chi connectivity index (χ4n) is 2.15. The molecule has 1 aliphatic rings.